The largest absolute Gasteiger partial charge is 0.342 e. The summed E-state index contributed by atoms with van der Waals surface area (Å²) in [7, 11) is 0. The monoisotopic (exact) mass is 386 g/mol. The molecular formula is C22H34N4O2. The molecular weight excluding hydrogens is 352 g/mol. The van der Waals surface area contributed by atoms with Gasteiger partial charge in [-0.25, -0.2) is 4.79 Å². The van der Waals surface area contributed by atoms with Crippen LogP contribution in [0.15, 0.2) is 24.3 Å². The van der Waals surface area contributed by atoms with E-state index in [1.165, 1.54) is 6.42 Å². The lowest BCUT2D eigenvalue weighted by molar-refractivity contribution is -0.133. The summed E-state index contributed by atoms with van der Waals surface area (Å²) < 4.78 is 0. The Balaban J connectivity index is 1.50. The molecule has 2 saturated heterocycles. The maximum Gasteiger partial charge on any atom is 0.321 e. The van der Waals surface area contributed by atoms with Gasteiger partial charge in [0.2, 0.25) is 5.91 Å². The minimum atomic E-state index is -0.0568. The van der Waals surface area contributed by atoms with E-state index in [1.54, 1.807) is 0 Å². The van der Waals surface area contributed by atoms with Gasteiger partial charge in [0.05, 0.1) is 6.54 Å². The Hall–Kier alpha value is -2.08. The van der Waals surface area contributed by atoms with Crippen molar-refractivity contribution in [2.75, 3.05) is 51.1 Å². The van der Waals surface area contributed by atoms with Gasteiger partial charge in [-0.05, 0) is 36.3 Å². The third-order valence-corrected chi connectivity index (χ3v) is 5.70. The van der Waals surface area contributed by atoms with Crippen molar-refractivity contribution >= 4 is 17.6 Å². The Bertz CT molecular complexity index is 684. The molecule has 154 valence electrons. The minimum Gasteiger partial charge on any atom is -0.342 e. The molecule has 0 aromatic heterocycles. The van der Waals surface area contributed by atoms with E-state index in [0.717, 1.165) is 50.3 Å². The number of carbonyl (C=O) groups is 2. The van der Waals surface area contributed by atoms with E-state index in [1.807, 2.05) is 28.0 Å². The second-order valence-corrected chi connectivity index (χ2v) is 8.93. The summed E-state index contributed by atoms with van der Waals surface area (Å²) in [6.07, 6.45) is 3.47. The van der Waals surface area contributed by atoms with Crippen molar-refractivity contribution < 1.29 is 9.59 Å². The molecule has 2 aliphatic heterocycles. The van der Waals surface area contributed by atoms with Gasteiger partial charge in [-0.3, -0.25) is 9.69 Å². The van der Waals surface area contributed by atoms with Gasteiger partial charge >= 0.3 is 6.03 Å². The van der Waals surface area contributed by atoms with Gasteiger partial charge in [-0.1, -0.05) is 39.0 Å². The van der Waals surface area contributed by atoms with Crippen molar-refractivity contribution in [3.8, 4) is 0 Å². The van der Waals surface area contributed by atoms with Crippen LogP contribution in [0.4, 0.5) is 10.5 Å². The molecule has 2 heterocycles. The highest BCUT2D eigenvalue weighted by molar-refractivity contribution is 5.90. The molecule has 0 atom stereocenters. The number of piperidine rings is 1. The van der Waals surface area contributed by atoms with Crippen LogP contribution in [0.25, 0.3) is 0 Å². The van der Waals surface area contributed by atoms with Gasteiger partial charge in [0, 0.05) is 45.0 Å². The van der Waals surface area contributed by atoms with Gasteiger partial charge in [0.15, 0.2) is 0 Å². The van der Waals surface area contributed by atoms with Crippen molar-refractivity contribution in [1.82, 2.24) is 14.7 Å². The normalized spacial score (nSPS) is 18.8. The van der Waals surface area contributed by atoms with Crippen LogP contribution in [0.5, 0.6) is 0 Å². The molecule has 2 aliphatic rings. The first kappa shape index (κ1) is 20.6. The fraction of sp³-hybridized carbons (Fsp3) is 0.636. The van der Waals surface area contributed by atoms with Crippen molar-refractivity contribution in [3.63, 3.8) is 0 Å². The van der Waals surface area contributed by atoms with Gasteiger partial charge in [0.1, 0.15) is 0 Å². The molecule has 0 spiro atoms. The standard InChI is InChI=1S/C22H34N4O2/c1-22(2,3)18-9-5-6-10-19(18)23-21(28)26-15-13-24(14-16-26)17-20(27)25-11-7-4-8-12-25/h5-6,9-10H,4,7-8,11-17H2,1-3H3,(H,23,28). The number of amides is 3. The number of nitrogens with one attached hydrogen (secondary N) is 1. The Morgan fingerprint density at radius 1 is 0.893 bits per heavy atom. The fourth-order valence-corrected chi connectivity index (χ4v) is 3.98. The van der Waals surface area contributed by atoms with Gasteiger partial charge in [0.25, 0.3) is 0 Å². The predicted molar refractivity (Wildman–Crippen MR) is 113 cm³/mol. The van der Waals surface area contributed by atoms with E-state index in [9.17, 15) is 9.59 Å². The van der Waals surface area contributed by atoms with Gasteiger partial charge in [-0.15, -0.1) is 0 Å². The Morgan fingerprint density at radius 3 is 2.18 bits per heavy atom. The van der Waals surface area contributed by atoms with Crippen LogP contribution in [0.3, 0.4) is 0 Å². The summed E-state index contributed by atoms with van der Waals surface area (Å²) in [5, 5.41) is 3.09. The number of piperazine rings is 1. The summed E-state index contributed by atoms with van der Waals surface area (Å²) in [5.74, 6) is 0.233. The quantitative estimate of drug-likeness (QED) is 0.868. The molecule has 0 unspecified atom stereocenters. The molecule has 6 nitrogen and oxygen atoms in total. The molecule has 0 saturated carbocycles. The topological polar surface area (TPSA) is 55.9 Å². The average Bonchev–Trinajstić information content (AvgIpc) is 2.69. The second-order valence-electron chi connectivity index (χ2n) is 8.93. The first-order valence-electron chi connectivity index (χ1n) is 10.5. The van der Waals surface area contributed by atoms with Crippen LogP contribution >= 0.6 is 0 Å². The maximum absolute atomic E-state index is 12.7. The van der Waals surface area contributed by atoms with E-state index in [2.05, 4.69) is 37.1 Å². The minimum absolute atomic E-state index is 0.0304. The first-order chi connectivity index (χ1) is 13.3. The Labute approximate surface area is 168 Å². The van der Waals surface area contributed by atoms with Crippen LogP contribution in [-0.4, -0.2) is 72.5 Å². The van der Waals surface area contributed by atoms with Crippen LogP contribution in [0.1, 0.15) is 45.6 Å². The number of nitrogens with zero attached hydrogens (tertiary/aromatic N) is 3. The molecule has 1 aromatic rings. The molecule has 3 rings (SSSR count). The molecule has 3 amide bonds. The van der Waals surface area contributed by atoms with Gasteiger partial charge < -0.3 is 15.1 Å². The number of urea groups is 1. The lowest BCUT2D eigenvalue weighted by Gasteiger charge is -2.36. The highest BCUT2D eigenvalue weighted by Crippen LogP contribution is 2.29. The SMILES string of the molecule is CC(C)(C)c1ccccc1NC(=O)N1CCN(CC(=O)N2CCCCC2)CC1. The zero-order chi connectivity index (χ0) is 20.1. The molecule has 0 aliphatic carbocycles. The zero-order valence-electron chi connectivity index (χ0n) is 17.5. The second kappa shape index (κ2) is 8.95. The summed E-state index contributed by atoms with van der Waals surface area (Å²) in [6.45, 7) is 11.5. The summed E-state index contributed by atoms with van der Waals surface area (Å²) in [4.78, 5) is 31.2. The van der Waals surface area contributed by atoms with Crippen molar-refractivity contribution in [2.45, 2.75) is 45.4 Å². The predicted octanol–water partition coefficient (Wildman–Crippen LogP) is 3.15. The zero-order valence-corrected chi connectivity index (χ0v) is 17.5. The lowest BCUT2D eigenvalue weighted by atomic mass is 9.86. The molecule has 28 heavy (non-hydrogen) atoms. The number of rotatable bonds is 3. The number of likely N-dealkylation sites (tertiary alicyclic amines) is 1. The van der Waals surface area contributed by atoms with E-state index in [4.69, 9.17) is 0 Å². The fourth-order valence-electron chi connectivity index (χ4n) is 3.98. The number of hydrogen-bond donors (Lipinski definition) is 1. The molecule has 2 fully saturated rings. The third kappa shape index (κ3) is 5.25. The molecule has 0 bridgehead atoms. The number of hydrogen-bond acceptors (Lipinski definition) is 3. The number of anilines is 1. The average molecular weight is 387 g/mol. The van der Waals surface area contributed by atoms with Crippen LogP contribution in [0.2, 0.25) is 0 Å². The van der Waals surface area contributed by atoms with Crippen molar-refractivity contribution in [3.05, 3.63) is 29.8 Å². The lowest BCUT2D eigenvalue weighted by Crippen LogP contribution is -2.52. The van der Waals surface area contributed by atoms with Crippen molar-refractivity contribution in [2.24, 2.45) is 0 Å². The van der Waals surface area contributed by atoms with E-state index in [-0.39, 0.29) is 17.4 Å². The van der Waals surface area contributed by atoms with E-state index < -0.39 is 0 Å². The Morgan fingerprint density at radius 2 is 1.54 bits per heavy atom. The smallest absolute Gasteiger partial charge is 0.321 e. The highest BCUT2D eigenvalue weighted by Gasteiger charge is 2.26. The van der Waals surface area contributed by atoms with Crippen LogP contribution in [-0.2, 0) is 10.2 Å². The number of para-hydroxylation sites is 1. The molecule has 6 heteroatoms. The Kier molecular flexibility index (Phi) is 6.60. The molecule has 1 N–H and O–H groups in total. The summed E-state index contributed by atoms with van der Waals surface area (Å²) >= 11 is 0. The van der Waals surface area contributed by atoms with E-state index in [0.29, 0.717) is 19.6 Å². The first-order valence-corrected chi connectivity index (χ1v) is 10.5. The van der Waals surface area contributed by atoms with Crippen LogP contribution < -0.4 is 5.32 Å². The van der Waals surface area contributed by atoms with E-state index >= 15 is 0 Å². The number of benzene rings is 1. The maximum atomic E-state index is 12.7. The summed E-state index contributed by atoms with van der Waals surface area (Å²) in [6, 6.07) is 7.94. The molecule has 0 radical (unpaired) electrons. The van der Waals surface area contributed by atoms with Gasteiger partial charge in [-0.2, -0.15) is 0 Å². The van der Waals surface area contributed by atoms with Crippen molar-refractivity contribution in [1.29, 1.82) is 0 Å². The number of carbonyl (C=O) groups excluding carboxylic acids is 2. The summed E-state index contributed by atoms with van der Waals surface area (Å²) in [5.41, 5.74) is 1.98. The molecule has 1 aromatic carbocycles. The highest BCUT2D eigenvalue weighted by atomic mass is 16.2. The van der Waals surface area contributed by atoms with Crippen LogP contribution in [0, 0.1) is 0 Å². The third-order valence-electron chi connectivity index (χ3n) is 5.70.